The van der Waals surface area contributed by atoms with Crippen molar-refractivity contribution in [3.05, 3.63) is 66.0 Å². The molecule has 2 aromatic carbocycles. The lowest BCUT2D eigenvalue weighted by Gasteiger charge is -2.25. The van der Waals surface area contributed by atoms with E-state index >= 15 is 0 Å². The van der Waals surface area contributed by atoms with Crippen molar-refractivity contribution < 1.29 is 9.53 Å². The summed E-state index contributed by atoms with van der Waals surface area (Å²) in [7, 11) is 5.62. The molecule has 0 aliphatic rings. The minimum absolute atomic E-state index is 0.0559. The van der Waals surface area contributed by atoms with Crippen molar-refractivity contribution in [1.29, 1.82) is 0 Å². The maximum Gasteiger partial charge on any atom is 0.251 e. The first kappa shape index (κ1) is 18.5. The normalized spacial score (nSPS) is 12.0. The second-order valence-electron chi connectivity index (χ2n) is 6.26. The molecule has 3 rings (SSSR count). The van der Waals surface area contributed by atoms with Gasteiger partial charge in [-0.15, -0.1) is 5.10 Å². The van der Waals surface area contributed by atoms with E-state index in [1.54, 1.807) is 31.4 Å². The van der Waals surface area contributed by atoms with Gasteiger partial charge in [-0.25, -0.2) is 4.68 Å². The number of carbonyl (C=O) groups excluding carboxylic acids is 1. The summed E-state index contributed by atoms with van der Waals surface area (Å²) in [5, 5.41) is 14.0. The molecule has 0 radical (unpaired) electrons. The van der Waals surface area contributed by atoms with Crippen LogP contribution in [0.1, 0.15) is 22.0 Å². The highest BCUT2D eigenvalue weighted by atomic mass is 16.5. The predicted molar refractivity (Wildman–Crippen MR) is 101 cm³/mol. The molecule has 1 amide bonds. The van der Waals surface area contributed by atoms with Gasteiger partial charge in [-0.3, -0.25) is 4.79 Å². The van der Waals surface area contributed by atoms with Gasteiger partial charge in [0.25, 0.3) is 5.91 Å². The molecule has 8 nitrogen and oxygen atoms in total. The van der Waals surface area contributed by atoms with Gasteiger partial charge in [0.2, 0.25) is 0 Å². The van der Waals surface area contributed by atoms with E-state index in [0.717, 1.165) is 17.0 Å². The van der Waals surface area contributed by atoms with Crippen LogP contribution in [0.2, 0.25) is 0 Å². The first-order valence-corrected chi connectivity index (χ1v) is 8.50. The molecule has 1 heterocycles. The number of rotatable bonds is 7. The highest BCUT2D eigenvalue weighted by Gasteiger charge is 2.16. The molecule has 0 fully saturated rings. The number of hydrogen-bond donors (Lipinski definition) is 1. The zero-order valence-corrected chi connectivity index (χ0v) is 15.5. The third-order valence-electron chi connectivity index (χ3n) is 4.32. The molecule has 27 heavy (non-hydrogen) atoms. The van der Waals surface area contributed by atoms with Crippen LogP contribution in [0.25, 0.3) is 5.69 Å². The van der Waals surface area contributed by atoms with Crippen molar-refractivity contribution in [3.8, 4) is 11.4 Å². The summed E-state index contributed by atoms with van der Waals surface area (Å²) in [4.78, 5) is 14.6. The Balaban J connectivity index is 1.65. The Morgan fingerprint density at radius 1 is 1.15 bits per heavy atom. The summed E-state index contributed by atoms with van der Waals surface area (Å²) in [5.41, 5.74) is 2.48. The van der Waals surface area contributed by atoms with Gasteiger partial charge >= 0.3 is 0 Å². The van der Waals surface area contributed by atoms with Crippen molar-refractivity contribution in [2.45, 2.75) is 6.04 Å². The van der Waals surface area contributed by atoms with Crippen molar-refractivity contribution in [2.75, 3.05) is 27.7 Å². The molecule has 1 N–H and O–H groups in total. The lowest BCUT2D eigenvalue weighted by atomic mass is 10.1. The number of nitrogens with zero attached hydrogens (tertiary/aromatic N) is 5. The van der Waals surface area contributed by atoms with Crippen LogP contribution in [-0.4, -0.2) is 58.8 Å². The van der Waals surface area contributed by atoms with Gasteiger partial charge < -0.3 is 15.0 Å². The molecule has 140 valence electrons. The molecular formula is C19H22N6O2. The van der Waals surface area contributed by atoms with Crippen molar-refractivity contribution in [3.63, 3.8) is 0 Å². The Bertz CT molecular complexity index is 860. The smallest absolute Gasteiger partial charge is 0.251 e. The van der Waals surface area contributed by atoms with Crippen LogP contribution in [0.5, 0.6) is 5.75 Å². The number of nitrogens with one attached hydrogen (secondary N) is 1. The molecule has 0 spiro atoms. The molecule has 0 saturated heterocycles. The first-order valence-electron chi connectivity index (χ1n) is 8.50. The van der Waals surface area contributed by atoms with Crippen molar-refractivity contribution in [2.24, 2.45) is 0 Å². The average Bonchev–Trinajstić information content (AvgIpc) is 3.23. The average molecular weight is 366 g/mol. The second kappa shape index (κ2) is 8.41. The molecular weight excluding hydrogens is 344 g/mol. The number of benzene rings is 2. The molecule has 1 aromatic heterocycles. The number of amides is 1. The van der Waals surface area contributed by atoms with E-state index in [1.807, 2.05) is 38.4 Å². The number of tetrazole rings is 1. The number of likely N-dealkylation sites (N-methyl/N-ethyl adjacent to an activating group) is 1. The summed E-state index contributed by atoms with van der Waals surface area (Å²) < 4.78 is 6.74. The van der Waals surface area contributed by atoms with E-state index in [2.05, 4.69) is 25.7 Å². The molecule has 1 atom stereocenters. The van der Waals surface area contributed by atoms with Crippen LogP contribution in [0, 0.1) is 0 Å². The summed E-state index contributed by atoms with van der Waals surface area (Å²) in [6.45, 7) is 0.493. The minimum Gasteiger partial charge on any atom is -0.497 e. The third kappa shape index (κ3) is 4.48. The molecule has 0 saturated carbocycles. The Hall–Kier alpha value is -3.26. The van der Waals surface area contributed by atoms with Gasteiger partial charge in [-0.1, -0.05) is 12.1 Å². The van der Waals surface area contributed by atoms with Crippen LogP contribution in [0.4, 0.5) is 0 Å². The standard InChI is InChI=1S/C19H22N6O2/c1-24(2)18(14-6-10-17(27-3)11-7-14)12-20-19(26)15-4-8-16(9-5-15)25-13-21-22-23-25/h4-11,13,18H,12H2,1-3H3,(H,20,26). The molecule has 3 aromatic rings. The summed E-state index contributed by atoms with van der Waals surface area (Å²) in [6, 6.07) is 15.0. The fraction of sp³-hybridized carbons (Fsp3) is 0.263. The summed E-state index contributed by atoms with van der Waals surface area (Å²) in [5.74, 6) is 0.682. The lowest BCUT2D eigenvalue weighted by molar-refractivity contribution is 0.0942. The topological polar surface area (TPSA) is 85.2 Å². The van der Waals surface area contributed by atoms with Crippen molar-refractivity contribution >= 4 is 5.91 Å². The van der Waals surface area contributed by atoms with Gasteiger partial charge in [0.05, 0.1) is 18.8 Å². The Morgan fingerprint density at radius 2 is 1.85 bits per heavy atom. The summed E-state index contributed by atoms with van der Waals surface area (Å²) in [6.07, 6.45) is 1.51. The van der Waals surface area contributed by atoms with Gasteiger partial charge in [0.15, 0.2) is 0 Å². The number of methoxy groups -OCH3 is 1. The van der Waals surface area contributed by atoms with Gasteiger partial charge in [-0.05, 0) is 66.5 Å². The van der Waals surface area contributed by atoms with Crippen LogP contribution in [0.3, 0.4) is 0 Å². The third-order valence-corrected chi connectivity index (χ3v) is 4.32. The number of ether oxygens (including phenoxy) is 1. The van der Waals surface area contributed by atoms with Gasteiger partial charge in [0, 0.05) is 12.1 Å². The van der Waals surface area contributed by atoms with E-state index in [1.165, 1.54) is 11.0 Å². The second-order valence-corrected chi connectivity index (χ2v) is 6.26. The monoisotopic (exact) mass is 366 g/mol. The van der Waals surface area contributed by atoms with Crippen LogP contribution >= 0.6 is 0 Å². The SMILES string of the molecule is COc1ccc(C(CNC(=O)c2ccc(-n3cnnn3)cc2)N(C)C)cc1. The van der Waals surface area contributed by atoms with Gasteiger partial charge in [-0.2, -0.15) is 0 Å². The van der Waals surface area contributed by atoms with Gasteiger partial charge in [0.1, 0.15) is 12.1 Å². The molecule has 8 heteroatoms. The van der Waals surface area contributed by atoms with E-state index in [-0.39, 0.29) is 11.9 Å². The van der Waals surface area contributed by atoms with Crippen LogP contribution < -0.4 is 10.1 Å². The van der Waals surface area contributed by atoms with E-state index in [9.17, 15) is 4.79 Å². The van der Waals surface area contributed by atoms with Crippen LogP contribution in [-0.2, 0) is 0 Å². The zero-order valence-electron chi connectivity index (χ0n) is 15.5. The minimum atomic E-state index is -0.126. The van der Waals surface area contributed by atoms with Crippen molar-refractivity contribution in [1.82, 2.24) is 30.4 Å². The quantitative estimate of drug-likeness (QED) is 0.685. The Kier molecular flexibility index (Phi) is 5.77. The fourth-order valence-corrected chi connectivity index (χ4v) is 2.76. The summed E-state index contributed by atoms with van der Waals surface area (Å²) >= 11 is 0. The molecule has 0 aliphatic carbocycles. The maximum atomic E-state index is 12.5. The Morgan fingerprint density at radius 3 is 2.41 bits per heavy atom. The molecule has 0 bridgehead atoms. The predicted octanol–water partition coefficient (Wildman–Crippen LogP) is 1.70. The number of hydrogen-bond acceptors (Lipinski definition) is 6. The van der Waals surface area contributed by atoms with E-state index in [0.29, 0.717) is 12.1 Å². The zero-order chi connectivity index (χ0) is 19.2. The molecule has 0 aliphatic heterocycles. The largest absolute Gasteiger partial charge is 0.497 e. The van der Waals surface area contributed by atoms with Crippen LogP contribution in [0.15, 0.2) is 54.9 Å². The fourth-order valence-electron chi connectivity index (χ4n) is 2.76. The highest BCUT2D eigenvalue weighted by Crippen LogP contribution is 2.21. The van der Waals surface area contributed by atoms with E-state index < -0.39 is 0 Å². The van der Waals surface area contributed by atoms with E-state index in [4.69, 9.17) is 4.74 Å². The lowest BCUT2D eigenvalue weighted by Crippen LogP contribution is -2.34. The number of aromatic nitrogens is 4. The maximum absolute atomic E-state index is 12.5. The first-order chi connectivity index (χ1) is 13.1. The Labute approximate surface area is 157 Å². The number of carbonyl (C=O) groups is 1. The highest BCUT2D eigenvalue weighted by molar-refractivity contribution is 5.94. The molecule has 1 unspecified atom stereocenters.